The fraction of sp³-hybridized carbons (Fsp3) is 0.172. The van der Waals surface area contributed by atoms with Gasteiger partial charge in [-0.2, -0.15) is 0 Å². The van der Waals surface area contributed by atoms with Crippen LogP contribution in [0.1, 0.15) is 45.6 Å². The molecule has 5 heteroatoms. The van der Waals surface area contributed by atoms with E-state index in [9.17, 15) is 9.90 Å². The third-order valence-electron chi connectivity index (χ3n) is 6.15. The predicted octanol–water partition coefficient (Wildman–Crippen LogP) is 6.40. The monoisotopic (exact) mass is 451 g/mol. The van der Waals surface area contributed by atoms with E-state index in [-0.39, 0.29) is 0 Å². The molecule has 5 rings (SSSR count). The first-order chi connectivity index (χ1) is 16.6. The first kappa shape index (κ1) is 21.7. The Balaban J connectivity index is 1.54. The van der Waals surface area contributed by atoms with Crippen molar-refractivity contribution in [2.75, 3.05) is 7.11 Å². The predicted molar refractivity (Wildman–Crippen MR) is 133 cm³/mol. The topological polar surface area (TPSA) is 68.7 Å². The second kappa shape index (κ2) is 9.40. The Morgan fingerprint density at radius 3 is 2.59 bits per heavy atom. The van der Waals surface area contributed by atoms with Crippen LogP contribution in [0.5, 0.6) is 11.5 Å². The lowest BCUT2D eigenvalue weighted by molar-refractivity contribution is 0.0697. The molecule has 1 aromatic heterocycles. The number of pyridine rings is 1. The molecule has 1 aliphatic rings. The SMILES string of the molecule is COc1ccc(C=C2CCCc3c2nc2ccccc2c3C(=O)O)cc1OCc1ccccc1. The highest BCUT2D eigenvalue weighted by molar-refractivity contribution is 6.05. The van der Waals surface area contributed by atoms with Crippen LogP contribution in [0.3, 0.4) is 0 Å². The van der Waals surface area contributed by atoms with Crippen molar-refractivity contribution < 1.29 is 19.4 Å². The number of carboxylic acids is 1. The Bertz CT molecular complexity index is 1390. The molecule has 1 N–H and O–H groups in total. The highest BCUT2D eigenvalue weighted by Gasteiger charge is 2.24. The molecule has 1 aliphatic carbocycles. The van der Waals surface area contributed by atoms with Crippen molar-refractivity contribution in [2.45, 2.75) is 25.9 Å². The molecule has 0 aliphatic heterocycles. The zero-order chi connectivity index (χ0) is 23.5. The Hall–Kier alpha value is -4.12. The van der Waals surface area contributed by atoms with Crippen LogP contribution in [0.25, 0.3) is 22.6 Å². The third-order valence-corrected chi connectivity index (χ3v) is 6.15. The maximum atomic E-state index is 12.2. The molecule has 0 spiro atoms. The fourth-order valence-corrected chi connectivity index (χ4v) is 4.55. The molecule has 34 heavy (non-hydrogen) atoms. The van der Waals surface area contributed by atoms with E-state index in [2.05, 4.69) is 6.08 Å². The molecule has 0 atom stereocenters. The van der Waals surface area contributed by atoms with E-state index in [1.165, 1.54) is 0 Å². The number of nitrogens with zero attached hydrogens (tertiary/aromatic N) is 1. The molecule has 0 unspecified atom stereocenters. The summed E-state index contributed by atoms with van der Waals surface area (Å²) in [5.41, 5.74) is 5.74. The number of carbonyl (C=O) groups is 1. The number of fused-ring (bicyclic) bond motifs is 2. The molecule has 4 aromatic rings. The summed E-state index contributed by atoms with van der Waals surface area (Å²) >= 11 is 0. The van der Waals surface area contributed by atoms with Gasteiger partial charge in [-0.3, -0.25) is 0 Å². The van der Waals surface area contributed by atoms with E-state index in [0.29, 0.717) is 41.0 Å². The number of carboxylic acid groups (broad SMARTS) is 1. The number of allylic oxidation sites excluding steroid dienone is 1. The van der Waals surface area contributed by atoms with Gasteiger partial charge >= 0.3 is 5.97 Å². The molecule has 0 saturated carbocycles. The number of hydrogen-bond donors (Lipinski definition) is 1. The zero-order valence-electron chi connectivity index (χ0n) is 19.0. The third kappa shape index (κ3) is 4.25. The number of ether oxygens (including phenoxy) is 2. The number of hydrogen-bond acceptors (Lipinski definition) is 4. The van der Waals surface area contributed by atoms with Gasteiger partial charge in [-0.15, -0.1) is 0 Å². The standard InChI is InChI=1S/C29H25NO4/c1-33-25-15-14-20(17-26(25)34-18-19-8-3-2-4-9-19)16-21-10-7-12-23-27(29(31)32)22-11-5-6-13-24(22)30-28(21)23/h2-6,8-9,11,13-17H,7,10,12,18H2,1H3,(H,31,32). The Kier molecular flexibility index (Phi) is 6.00. The summed E-state index contributed by atoms with van der Waals surface area (Å²) < 4.78 is 11.6. The van der Waals surface area contributed by atoms with Gasteiger partial charge in [0.15, 0.2) is 11.5 Å². The lowest BCUT2D eigenvalue weighted by atomic mass is 9.86. The Morgan fingerprint density at radius 1 is 1.00 bits per heavy atom. The van der Waals surface area contributed by atoms with Crippen LogP contribution in [0.2, 0.25) is 0 Å². The maximum absolute atomic E-state index is 12.2. The largest absolute Gasteiger partial charge is 0.493 e. The van der Waals surface area contributed by atoms with Crippen molar-refractivity contribution in [3.8, 4) is 11.5 Å². The quantitative estimate of drug-likeness (QED) is 0.367. The van der Waals surface area contributed by atoms with E-state index in [1.54, 1.807) is 7.11 Å². The minimum atomic E-state index is -0.905. The average Bonchev–Trinajstić information content (AvgIpc) is 2.87. The molecule has 3 aromatic carbocycles. The molecule has 0 amide bonds. The average molecular weight is 452 g/mol. The zero-order valence-corrected chi connectivity index (χ0v) is 19.0. The van der Waals surface area contributed by atoms with Gasteiger partial charge in [-0.05, 0) is 65.8 Å². The van der Waals surface area contributed by atoms with Crippen molar-refractivity contribution in [3.05, 3.63) is 101 Å². The van der Waals surface area contributed by atoms with Crippen molar-refractivity contribution in [1.29, 1.82) is 0 Å². The highest BCUT2D eigenvalue weighted by atomic mass is 16.5. The summed E-state index contributed by atoms with van der Waals surface area (Å²) in [6, 6.07) is 23.3. The molecule has 1 heterocycles. The molecule has 0 radical (unpaired) electrons. The minimum absolute atomic E-state index is 0.368. The van der Waals surface area contributed by atoms with Crippen LogP contribution < -0.4 is 9.47 Å². The smallest absolute Gasteiger partial charge is 0.336 e. The second-order valence-electron chi connectivity index (χ2n) is 8.34. The summed E-state index contributed by atoms with van der Waals surface area (Å²) in [6.45, 7) is 0.440. The molecular formula is C29H25NO4. The van der Waals surface area contributed by atoms with Crippen LogP contribution in [0.15, 0.2) is 72.8 Å². The minimum Gasteiger partial charge on any atom is -0.493 e. The van der Waals surface area contributed by atoms with Gasteiger partial charge in [0.05, 0.1) is 23.9 Å². The molecular weight excluding hydrogens is 426 g/mol. The van der Waals surface area contributed by atoms with Gasteiger partial charge in [0.25, 0.3) is 0 Å². The number of aromatic nitrogens is 1. The molecule has 0 saturated heterocycles. The molecule has 0 fully saturated rings. The van der Waals surface area contributed by atoms with Gasteiger partial charge in [-0.25, -0.2) is 9.78 Å². The number of benzene rings is 3. The van der Waals surface area contributed by atoms with E-state index in [0.717, 1.165) is 40.8 Å². The Labute approximate surface area is 198 Å². The molecule has 0 bridgehead atoms. The van der Waals surface area contributed by atoms with E-state index < -0.39 is 5.97 Å². The van der Waals surface area contributed by atoms with Crippen molar-refractivity contribution in [2.24, 2.45) is 0 Å². The van der Waals surface area contributed by atoms with Gasteiger partial charge in [0.1, 0.15) is 6.61 Å². The number of rotatable bonds is 6. The second-order valence-corrected chi connectivity index (χ2v) is 8.34. The van der Waals surface area contributed by atoms with Gasteiger partial charge in [-0.1, -0.05) is 54.6 Å². The van der Waals surface area contributed by atoms with Gasteiger partial charge in [0, 0.05) is 5.39 Å². The van der Waals surface area contributed by atoms with E-state index >= 15 is 0 Å². The lowest BCUT2D eigenvalue weighted by Gasteiger charge is -2.21. The first-order valence-corrected chi connectivity index (χ1v) is 11.3. The summed E-state index contributed by atoms with van der Waals surface area (Å²) in [5.74, 6) is 0.422. The van der Waals surface area contributed by atoms with Gasteiger partial charge < -0.3 is 14.6 Å². The van der Waals surface area contributed by atoms with Crippen LogP contribution in [-0.2, 0) is 13.0 Å². The maximum Gasteiger partial charge on any atom is 0.336 e. The van der Waals surface area contributed by atoms with Crippen LogP contribution in [0.4, 0.5) is 0 Å². The Morgan fingerprint density at radius 2 is 1.79 bits per heavy atom. The summed E-state index contributed by atoms with van der Waals surface area (Å²) in [7, 11) is 1.63. The van der Waals surface area contributed by atoms with Crippen molar-refractivity contribution in [3.63, 3.8) is 0 Å². The highest BCUT2D eigenvalue weighted by Crippen LogP contribution is 2.37. The van der Waals surface area contributed by atoms with E-state index in [1.807, 2.05) is 72.8 Å². The van der Waals surface area contributed by atoms with Crippen LogP contribution in [-0.4, -0.2) is 23.2 Å². The summed E-state index contributed by atoms with van der Waals surface area (Å²) in [5, 5.41) is 10.7. The molecule has 170 valence electrons. The normalized spacial score (nSPS) is 14.1. The molecule has 5 nitrogen and oxygen atoms in total. The summed E-state index contributed by atoms with van der Waals surface area (Å²) in [4.78, 5) is 17.1. The first-order valence-electron chi connectivity index (χ1n) is 11.3. The van der Waals surface area contributed by atoms with Gasteiger partial charge in [0.2, 0.25) is 0 Å². The van der Waals surface area contributed by atoms with E-state index in [4.69, 9.17) is 14.5 Å². The van der Waals surface area contributed by atoms with Crippen molar-refractivity contribution >= 4 is 28.5 Å². The number of aromatic carboxylic acids is 1. The van der Waals surface area contributed by atoms with Crippen molar-refractivity contribution in [1.82, 2.24) is 4.98 Å². The van der Waals surface area contributed by atoms with Crippen LogP contribution >= 0.6 is 0 Å². The fourth-order valence-electron chi connectivity index (χ4n) is 4.55. The van der Waals surface area contributed by atoms with Crippen LogP contribution in [0, 0.1) is 0 Å². The lowest BCUT2D eigenvalue weighted by Crippen LogP contribution is -2.13. The number of methoxy groups -OCH3 is 1. The summed E-state index contributed by atoms with van der Waals surface area (Å²) in [6.07, 6.45) is 4.51. The number of para-hydroxylation sites is 1.